The molecule has 0 saturated carbocycles. The molecule has 0 N–H and O–H groups in total. The molecule has 30 heavy (non-hydrogen) atoms. The number of carbonyl (C=O) groups is 1. The highest BCUT2D eigenvalue weighted by atomic mass is 35.5. The molecule has 5 rings (SSSR count). The fourth-order valence-corrected chi connectivity index (χ4v) is 4.64. The molecule has 0 fully saturated rings. The Labute approximate surface area is 181 Å². The second-order valence-corrected chi connectivity index (χ2v) is 8.37. The summed E-state index contributed by atoms with van der Waals surface area (Å²) in [6, 6.07) is 28.8. The van der Waals surface area contributed by atoms with E-state index in [-0.39, 0.29) is 11.8 Å². The third kappa shape index (κ3) is 3.28. The van der Waals surface area contributed by atoms with Crippen LogP contribution in [0.5, 0.6) is 0 Å². The molecule has 0 aromatic heterocycles. The normalized spacial score (nSPS) is 16.0. The zero-order valence-corrected chi connectivity index (χ0v) is 17.6. The van der Waals surface area contributed by atoms with E-state index in [1.807, 2.05) is 41.3 Å². The minimum absolute atomic E-state index is 0.0176. The van der Waals surface area contributed by atoms with Gasteiger partial charge in [-0.05, 0) is 58.1 Å². The van der Waals surface area contributed by atoms with Crippen molar-refractivity contribution in [3.8, 4) is 0 Å². The summed E-state index contributed by atoms with van der Waals surface area (Å²) in [5.41, 5.74) is 5.74. The van der Waals surface area contributed by atoms with Crippen molar-refractivity contribution in [2.45, 2.75) is 25.8 Å². The van der Waals surface area contributed by atoms with Gasteiger partial charge in [-0.1, -0.05) is 78.3 Å². The smallest absolute Gasteiger partial charge is 0.228 e. The molecule has 1 aliphatic heterocycles. The number of halogens is 1. The largest absolute Gasteiger partial charge is 0.308 e. The van der Waals surface area contributed by atoms with Crippen LogP contribution in [-0.2, 0) is 11.3 Å². The van der Waals surface area contributed by atoms with Crippen molar-refractivity contribution in [3.63, 3.8) is 0 Å². The average Bonchev–Trinajstić information content (AvgIpc) is 2.77. The van der Waals surface area contributed by atoms with Gasteiger partial charge in [-0.15, -0.1) is 0 Å². The molecule has 4 aromatic carbocycles. The Morgan fingerprint density at radius 3 is 2.43 bits per heavy atom. The van der Waals surface area contributed by atoms with Gasteiger partial charge in [0.25, 0.3) is 0 Å². The van der Waals surface area contributed by atoms with Crippen LogP contribution in [-0.4, -0.2) is 5.91 Å². The van der Waals surface area contributed by atoms with E-state index in [1.54, 1.807) is 0 Å². The number of rotatable bonds is 3. The number of anilines is 1. The second-order valence-electron chi connectivity index (χ2n) is 7.93. The third-order valence-electron chi connectivity index (χ3n) is 6.13. The lowest BCUT2D eigenvalue weighted by Gasteiger charge is -2.35. The van der Waals surface area contributed by atoms with Gasteiger partial charge in [0, 0.05) is 23.0 Å². The lowest BCUT2D eigenvalue weighted by Crippen LogP contribution is -2.36. The fraction of sp³-hybridized carbons (Fsp3) is 0.148. The number of hydrogen-bond acceptors (Lipinski definition) is 1. The van der Waals surface area contributed by atoms with Gasteiger partial charge in [0.1, 0.15) is 0 Å². The number of amides is 1. The molecule has 0 bridgehead atoms. The average molecular weight is 412 g/mol. The van der Waals surface area contributed by atoms with E-state index in [0.717, 1.165) is 11.3 Å². The van der Waals surface area contributed by atoms with E-state index in [9.17, 15) is 4.79 Å². The fourth-order valence-electron chi connectivity index (χ4n) is 4.52. The van der Waals surface area contributed by atoms with E-state index in [4.69, 9.17) is 11.6 Å². The van der Waals surface area contributed by atoms with Crippen molar-refractivity contribution in [3.05, 3.63) is 112 Å². The number of benzene rings is 4. The van der Waals surface area contributed by atoms with Crippen LogP contribution in [0, 0.1) is 6.92 Å². The molecule has 1 heterocycles. The number of fused-ring (bicyclic) bond motifs is 3. The molecule has 1 atom stereocenters. The first-order valence-corrected chi connectivity index (χ1v) is 10.6. The summed E-state index contributed by atoms with van der Waals surface area (Å²) >= 11 is 6.13. The third-order valence-corrected chi connectivity index (χ3v) is 6.38. The van der Waals surface area contributed by atoms with Crippen molar-refractivity contribution in [2.75, 3.05) is 4.90 Å². The summed E-state index contributed by atoms with van der Waals surface area (Å²) in [7, 11) is 0. The first kappa shape index (κ1) is 18.9. The van der Waals surface area contributed by atoms with Gasteiger partial charge in [-0.3, -0.25) is 4.79 Å². The van der Waals surface area contributed by atoms with Crippen molar-refractivity contribution in [1.29, 1.82) is 0 Å². The van der Waals surface area contributed by atoms with Gasteiger partial charge in [-0.2, -0.15) is 0 Å². The molecule has 3 heteroatoms. The lowest BCUT2D eigenvalue weighted by atomic mass is 9.81. The van der Waals surface area contributed by atoms with Gasteiger partial charge in [-0.25, -0.2) is 0 Å². The maximum absolute atomic E-state index is 13.4. The van der Waals surface area contributed by atoms with Crippen LogP contribution in [0.2, 0.25) is 5.02 Å². The molecular weight excluding hydrogens is 390 g/mol. The van der Waals surface area contributed by atoms with Crippen molar-refractivity contribution in [1.82, 2.24) is 0 Å². The van der Waals surface area contributed by atoms with E-state index < -0.39 is 0 Å². The predicted molar refractivity (Wildman–Crippen MR) is 124 cm³/mol. The van der Waals surface area contributed by atoms with Gasteiger partial charge in [0.2, 0.25) is 5.91 Å². The summed E-state index contributed by atoms with van der Waals surface area (Å²) in [5.74, 6) is 0.171. The summed E-state index contributed by atoms with van der Waals surface area (Å²) in [4.78, 5) is 15.3. The molecule has 148 valence electrons. The van der Waals surface area contributed by atoms with Crippen LogP contribution in [0.25, 0.3) is 10.8 Å². The van der Waals surface area contributed by atoms with Gasteiger partial charge in [0.15, 0.2) is 0 Å². The van der Waals surface area contributed by atoms with Crippen LogP contribution in [0.1, 0.15) is 34.6 Å². The van der Waals surface area contributed by atoms with Crippen molar-refractivity contribution < 1.29 is 4.79 Å². The summed E-state index contributed by atoms with van der Waals surface area (Å²) in [6.45, 7) is 2.69. The van der Waals surface area contributed by atoms with Gasteiger partial charge in [0.05, 0.1) is 6.54 Å². The van der Waals surface area contributed by atoms with Crippen LogP contribution in [0.15, 0.2) is 84.9 Å². The molecule has 4 aromatic rings. The standard InChI is InChI=1S/C27H22ClNO/c1-18-6-2-3-8-21(18)17-29-25-15-12-19-7-4-5-9-23(19)27(25)24(16-26(29)30)20-10-13-22(28)14-11-20/h2-15,24H,16-17H2,1H3. The van der Waals surface area contributed by atoms with Crippen LogP contribution in [0.4, 0.5) is 5.69 Å². The molecule has 1 aliphatic rings. The Balaban J connectivity index is 1.69. The van der Waals surface area contributed by atoms with Crippen LogP contribution < -0.4 is 4.90 Å². The summed E-state index contributed by atoms with van der Waals surface area (Å²) < 4.78 is 0. The quantitative estimate of drug-likeness (QED) is 0.360. The number of carbonyl (C=O) groups excluding carboxylic acids is 1. The molecule has 0 aliphatic carbocycles. The molecule has 0 spiro atoms. The Kier molecular flexibility index (Phi) is 4.80. The summed E-state index contributed by atoms with van der Waals surface area (Å²) in [5, 5.41) is 3.11. The van der Waals surface area contributed by atoms with E-state index >= 15 is 0 Å². The summed E-state index contributed by atoms with van der Waals surface area (Å²) in [6.07, 6.45) is 0.453. The molecule has 2 nitrogen and oxygen atoms in total. The molecular formula is C27H22ClNO. The van der Waals surface area contributed by atoms with Crippen molar-refractivity contribution in [2.24, 2.45) is 0 Å². The lowest BCUT2D eigenvalue weighted by molar-refractivity contribution is -0.119. The molecule has 0 radical (unpaired) electrons. The Morgan fingerprint density at radius 1 is 0.900 bits per heavy atom. The topological polar surface area (TPSA) is 20.3 Å². The van der Waals surface area contributed by atoms with E-state index in [0.29, 0.717) is 18.0 Å². The first-order chi connectivity index (χ1) is 14.6. The maximum atomic E-state index is 13.4. The highest BCUT2D eigenvalue weighted by molar-refractivity contribution is 6.30. The Bertz CT molecular complexity index is 1250. The second kappa shape index (κ2) is 7.62. The van der Waals surface area contributed by atoms with Crippen molar-refractivity contribution >= 4 is 34.0 Å². The monoisotopic (exact) mass is 411 g/mol. The van der Waals surface area contributed by atoms with Gasteiger partial charge < -0.3 is 4.90 Å². The highest BCUT2D eigenvalue weighted by Crippen LogP contribution is 2.44. The zero-order chi connectivity index (χ0) is 20.7. The van der Waals surface area contributed by atoms with E-state index in [1.165, 1.54) is 27.5 Å². The minimum Gasteiger partial charge on any atom is -0.308 e. The Morgan fingerprint density at radius 2 is 1.63 bits per heavy atom. The number of aryl methyl sites for hydroxylation is 1. The minimum atomic E-state index is 0.0176. The first-order valence-electron chi connectivity index (χ1n) is 10.2. The van der Waals surface area contributed by atoms with Crippen LogP contribution in [0.3, 0.4) is 0 Å². The van der Waals surface area contributed by atoms with Gasteiger partial charge >= 0.3 is 0 Å². The predicted octanol–water partition coefficient (Wildman–Crippen LogP) is 6.87. The highest BCUT2D eigenvalue weighted by Gasteiger charge is 2.33. The zero-order valence-electron chi connectivity index (χ0n) is 16.8. The molecule has 0 saturated heterocycles. The van der Waals surface area contributed by atoms with E-state index in [2.05, 4.69) is 55.5 Å². The number of hydrogen-bond donors (Lipinski definition) is 0. The maximum Gasteiger partial charge on any atom is 0.228 e. The number of nitrogens with zero attached hydrogens (tertiary/aromatic N) is 1. The SMILES string of the molecule is Cc1ccccc1CN1C(=O)CC(c2ccc(Cl)cc2)c2c1ccc1ccccc21. The molecule has 1 amide bonds. The molecule has 1 unspecified atom stereocenters. The van der Waals surface area contributed by atoms with Crippen LogP contribution >= 0.6 is 11.6 Å². The Hall–Kier alpha value is -3.10.